The number of oxazole rings is 1. The maximum atomic E-state index is 12.6. The lowest BCUT2D eigenvalue weighted by molar-refractivity contribution is 0.0947. The molecule has 0 aliphatic heterocycles. The van der Waals surface area contributed by atoms with E-state index in [9.17, 15) is 4.79 Å². The van der Waals surface area contributed by atoms with Gasteiger partial charge in [-0.1, -0.05) is 0 Å². The van der Waals surface area contributed by atoms with Crippen LogP contribution in [0.2, 0.25) is 0 Å². The van der Waals surface area contributed by atoms with Crippen LogP contribution in [0.25, 0.3) is 28.5 Å². The summed E-state index contributed by atoms with van der Waals surface area (Å²) in [6, 6.07) is 3.94. The van der Waals surface area contributed by atoms with Crippen LogP contribution in [0.15, 0.2) is 41.4 Å². The van der Waals surface area contributed by atoms with Gasteiger partial charge in [-0.25, -0.2) is 19.9 Å². The molecule has 4 heterocycles. The number of amides is 1. The topological polar surface area (TPSA) is 124 Å². The molecule has 1 aliphatic rings. The fourth-order valence-corrected chi connectivity index (χ4v) is 3.03. The molecule has 28 heavy (non-hydrogen) atoms. The van der Waals surface area contributed by atoms with Crippen LogP contribution in [0.5, 0.6) is 0 Å². The molecule has 9 heteroatoms. The van der Waals surface area contributed by atoms with Crippen LogP contribution in [-0.2, 0) is 0 Å². The number of hydrogen-bond donors (Lipinski definition) is 2. The molecule has 0 atom stereocenters. The van der Waals surface area contributed by atoms with E-state index in [0.29, 0.717) is 11.4 Å². The van der Waals surface area contributed by atoms with E-state index in [0.717, 1.165) is 29.7 Å². The number of aryl methyl sites for hydroxylation is 1. The number of rotatable bonds is 4. The Morgan fingerprint density at radius 1 is 1.25 bits per heavy atom. The number of fused-ring (bicyclic) bond motifs is 1. The van der Waals surface area contributed by atoms with Gasteiger partial charge in [0, 0.05) is 29.7 Å². The summed E-state index contributed by atoms with van der Waals surface area (Å²) in [6.07, 6.45) is 8.60. The van der Waals surface area contributed by atoms with Gasteiger partial charge in [-0.2, -0.15) is 0 Å². The summed E-state index contributed by atoms with van der Waals surface area (Å²) in [5.74, 6) is -0.00613. The summed E-state index contributed by atoms with van der Waals surface area (Å²) in [6.45, 7) is 1.96. The van der Waals surface area contributed by atoms with Crippen molar-refractivity contribution in [2.75, 3.05) is 5.73 Å². The highest BCUT2D eigenvalue weighted by molar-refractivity contribution is 5.98. The lowest BCUT2D eigenvalue weighted by atomic mass is 10.1. The summed E-state index contributed by atoms with van der Waals surface area (Å²) < 4.78 is 7.36. The van der Waals surface area contributed by atoms with Crippen LogP contribution >= 0.6 is 0 Å². The van der Waals surface area contributed by atoms with E-state index in [1.807, 2.05) is 29.7 Å². The molecular weight excluding hydrogens is 358 g/mol. The SMILES string of the molecule is Cc1cnc2ccc(-c3nc(C(=O)NC4CC4)c(N)nc3-c3ncco3)cn12. The van der Waals surface area contributed by atoms with Crippen LogP contribution in [-0.4, -0.2) is 36.3 Å². The average Bonchev–Trinajstić information content (AvgIpc) is 3.19. The van der Waals surface area contributed by atoms with Gasteiger partial charge >= 0.3 is 0 Å². The van der Waals surface area contributed by atoms with Crippen molar-refractivity contribution in [2.24, 2.45) is 0 Å². The lowest BCUT2D eigenvalue weighted by Gasteiger charge is -2.11. The normalized spacial score (nSPS) is 13.8. The van der Waals surface area contributed by atoms with Crippen molar-refractivity contribution in [1.29, 1.82) is 0 Å². The average molecular weight is 375 g/mol. The third-order valence-corrected chi connectivity index (χ3v) is 4.65. The molecule has 5 rings (SSSR count). The van der Waals surface area contributed by atoms with Crippen molar-refractivity contribution in [3.05, 3.63) is 48.4 Å². The Morgan fingerprint density at radius 3 is 2.86 bits per heavy atom. The number of nitrogens with zero attached hydrogens (tertiary/aromatic N) is 5. The summed E-state index contributed by atoms with van der Waals surface area (Å²) in [4.78, 5) is 30.1. The predicted octanol–water partition coefficient (Wildman–Crippen LogP) is 2.23. The van der Waals surface area contributed by atoms with Gasteiger partial charge in [-0.3, -0.25) is 4.79 Å². The first-order valence-corrected chi connectivity index (χ1v) is 8.92. The van der Waals surface area contributed by atoms with Crippen LogP contribution in [0, 0.1) is 6.92 Å². The molecule has 1 saturated carbocycles. The Balaban J connectivity index is 1.70. The molecule has 1 fully saturated rings. The van der Waals surface area contributed by atoms with Crippen LogP contribution in [0.4, 0.5) is 5.82 Å². The number of nitrogen functional groups attached to an aromatic ring is 1. The predicted molar refractivity (Wildman–Crippen MR) is 101 cm³/mol. The molecule has 9 nitrogen and oxygen atoms in total. The molecule has 0 saturated heterocycles. The molecule has 0 spiro atoms. The number of anilines is 1. The van der Waals surface area contributed by atoms with Crippen LogP contribution in [0.3, 0.4) is 0 Å². The molecule has 1 amide bonds. The first kappa shape index (κ1) is 16.4. The van der Waals surface area contributed by atoms with Gasteiger partial charge < -0.3 is 19.9 Å². The standard InChI is InChI=1S/C19H17N7O2/c1-10-8-22-13-5-2-11(9-26(10)13)14-15(19-21-6-7-28-19)25-17(20)16(24-14)18(27)23-12-3-4-12/h2,5-9,12H,3-4H2,1H3,(H2,20,25)(H,23,27). The van der Waals surface area contributed by atoms with Gasteiger partial charge in [0.15, 0.2) is 17.2 Å². The highest BCUT2D eigenvalue weighted by atomic mass is 16.3. The fourth-order valence-electron chi connectivity index (χ4n) is 3.03. The van der Waals surface area contributed by atoms with Crippen molar-refractivity contribution in [1.82, 2.24) is 29.7 Å². The van der Waals surface area contributed by atoms with Crippen molar-refractivity contribution < 1.29 is 9.21 Å². The number of imidazole rings is 1. The molecular formula is C19H17N7O2. The summed E-state index contributed by atoms with van der Waals surface area (Å²) >= 11 is 0. The number of hydrogen-bond acceptors (Lipinski definition) is 7. The fraction of sp³-hybridized carbons (Fsp3) is 0.211. The largest absolute Gasteiger partial charge is 0.443 e. The minimum atomic E-state index is -0.326. The van der Waals surface area contributed by atoms with E-state index < -0.39 is 0 Å². The minimum Gasteiger partial charge on any atom is -0.443 e. The second kappa shape index (κ2) is 6.15. The van der Waals surface area contributed by atoms with Crippen LogP contribution < -0.4 is 11.1 Å². The molecule has 0 aromatic carbocycles. The lowest BCUT2D eigenvalue weighted by Crippen LogP contribution is -2.28. The monoisotopic (exact) mass is 375 g/mol. The highest BCUT2D eigenvalue weighted by Crippen LogP contribution is 2.30. The number of carbonyl (C=O) groups excluding carboxylic acids is 1. The summed E-state index contributed by atoms with van der Waals surface area (Å²) in [5, 5.41) is 2.90. The Kier molecular flexibility index (Phi) is 3.61. The van der Waals surface area contributed by atoms with Crippen molar-refractivity contribution in [3.8, 4) is 22.8 Å². The Hall–Kier alpha value is -3.75. The highest BCUT2D eigenvalue weighted by Gasteiger charge is 2.27. The van der Waals surface area contributed by atoms with E-state index in [-0.39, 0.29) is 29.4 Å². The van der Waals surface area contributed by atoms with Gasteiger partial charge in [0.1, 0.15) is 17.6 Å². The maximum Gasteiger partial charge on any atom is 0.273 e. The number of nitrogens with one attached hydrogen (secondary N) is 1. The maximum absolute atomic E-state index is 12.6. The summed E-state index contributed by atoms with van der Waals surface area (Å²) in [7, 11) is 0. The van der Waals surface area contributed by atoms with Gasteiger partial charge in [-0.05, 0) is 31.9 Å². The second-order valence-corrected chi connectivity index (χ2v) is 6.79. The van der Waals surface area contributed by atoms with E-state index in [1.165, 1.54) is 12.5 Å². The molecule has 4 aromatic rings. The number of carbonyl (C=O) groups is 1. The second-order valence-electron chi connectivity index (χ2n) is 6.79. The van der Waals surface area contributed by atoms with E-state index in [4.69, 9.17) is 10.2 Å². The first-order valence-electron chi connectivity index (χ1n) is 8.92. The number of nitrogens with two attached hydrogens (primary N) is 1. The Labute approximate surface area is 159 Å². The smallest absolute Gasteiger partial charge is 0.273 e. The molecule has 1 aliphatic carbocycles. The van der Waals surface area contributed by atoms with Crippen molar-refractivity contribution in [2.45, 2.75) is 25.8 Å². The first-order chi connectivity index (χ1) is 13.6. The van der Waals surface area contributed by atoms with Crippen molar-refractivity contribution in [3.63, 3.8) is 0 Å². The molecule has 140 valence electrons. The van der Waals surface area contributed by atoms with Gasteiger partial charge in [0.05, 0.1) is 6.20 Å². The quantitative estimate of drug-likeness (QED) is 0.560. The molecule has 0 bridgehead atoms. The third-order valence-electron chi connectivity index (χ3n) is 4.65. The van der Waals surface area contributed by atoms with E-state index in [2.05, 4.69) is 25.3 Å². The minimum absolute atomic E-state index is 0.0370. The molecule has 0 unspecified atom stereocenters. The Bertz CT molecular complexity index is 1190. The summed E-state index contributed by atoms with van der Waals surface area (Å²) in [5.41, 5.74) is 9.53. The zero-order chi connectivity index (χ0) is 19.3. The Morgan fingerprint density at radius 2 is 2.11 bits per heavy atom. The molecule has 4 aromatic heterocycles. The molecule has 0 radical (unpaired) electrons. The third kappa shape index (κ3) is 2.77. The zero-order valence-corrected chi connectivity index (χ0v) is 15.1. The van der Waals surface area contributed by atoms with E-state index >= 15 is 0 Å². The van der Waals surface area contributed by atoms with Crippen molar-refractivity contribution >= 4 is 17.4 Å². The van der Waals surface area contributed by atoms with Crippen LogP contribution in [0.1, 0.15) is 29.0 Å². The van der Waals surface area contributed by atoms with E-state index in [1.54, 1.807) is 6.20 Å². The zero-order valence-electron chi connectivity index (χ0n) is 15.1. The number of pyridine rings is 1. The number of aromatic nitrogens is 5. The molecule has 3 N–H and O–H groups in total. The van der Waals surface area contributed by atoms with Gasteiger partial charge in [0.25, 0.3) is 5.91 Å². The van der Waals surface area contributed by atoms with Gasteiger partial charge in [-0.15, -0.1) is 0 Å². The van der Waals surface area contributed by atoms with Gasteiger partial charge in [0.2, 0.25) is 5.89 Å².